The van der Waals surface area contributed by atoms with Crippen molar-refractivity contribution in [3.8, 4) is 5.75 Å². The van der Waals surface area contributed by atoms with Crippen molar-refractivity contribution in [2.75, 3.05) is 19.8 Å². The van der Waals surface area contributed by atoms with E-state index in [2.05, 4.69) is 4.57 Å². The average Bonchev–Trinajstić information content (AvgIpc) is 3.20. The molecule has 3 aromatic carbocycles. The number of aromatic nitrogens is 1. The molecule has 0 unspecified atom stereocenters. The zero-order valence-electron chi connectivity index (χ0n) is 23.5. The molecule has 10 heteroatoms. The number of benzene rings is 3. The van der Waals surface area contributed by atoms with Gasteiger partial charge in [0.2, 0.25) is 0 Å². The van der Waals surface area contributed by atoms with E-state index in [0.717, 1.165) is 38.9 Å². The van der Waals surface area contributed by atoms with Crippen LogP contribution in [-0.4, -0.2) is 35.5 Å². The summed E-state index contributed by atoms with van der Waals surface area (Å²) in [6.45, 7) is 6.57. The largest absolute Gasteiger partial charge is 0.474 e. The molecule has 1 heterocycles. The Labute approximate surface area is 245 Å². The molecule has 0 spiro atoms. The van der Waals surface area contributed by atoms with Gasteiger partial charge in [-0.15, -0.1) is 0 Å². The number of fused-ring (bicyclic) bond motifs is 1. The number of aliphatic hydroxyl groups is 1. The smallest absolute Gasteiger partial charge is 0.426 e. The molecule has 0 aliphatic carbocycles. The number of carbonyl (C=O) groups excluding carboxylic acids is 1. The highest BCUT2D eigenvalue weighted by Gasteiger charge is 2.25. The van der Waals surface area contributed by atoms with Gasteiger partial charge in [0.1, 0.15) is 5.75 Å². The van der Waals surface area contributed by atoms with Gasteiger partial charge in [0, 0.05) is 28.2 Å². The Kier molecular flexibility index (Phi) is 10.8. The Morgan fingerprint density at radius 2 is 1.54 bits per heavy atom. The number of rotatable bonds is 14. The fourth-order valence-corrected chi connectivity index (χ4v) is 5.93. The fraction of sp³-hybridized carbons (Fsp3) is 0.323. The summed E-state index contributed by atoms with van der Waals surface area (Å²) in [5.41, 5.74) is 5.56. The Bertz CT molecular complexity index is 1510. The van der Waals surface area contributed by atoms with E-state index in [1.54, 1.807) is 26.0 Å². The Hall–Kier alpha value is -2.97. The van der Waals surface area contributed by atoms with Crippen LogP contribution in [0.2, 0.25) is 5.02 Å². The maximum absolute atomic E-state index is 13.1. The second-order valence-corrected chi connectivity index (χ2v) is 11.6. The second kappa shape index (κ2) is 14.3. The molecule has 0 bridgehead atoms. The minimum Gasteiger partial charge on any atom is -0.426 e. The number of halogens is 1. The van der Waals surface area contributed by atoms with Crippen LogP contribution in [0.25, 0.3) is 10.9 Å². The van der Waals surface area contributed by atoms with Crippen molar-refractivity contribution in [2.45, 2.75) is 46.8 Å². The van der Waals surface area contributed by atoms with Crippen LogP contribution < -0.4 is 4.74 Å². The molecule has 0 fully saturated rings. The number of nitrogens with zero attached hydrogens (tertiary/aromatic N) is 1. The van der Waals surface area contributed by atoms with Gasteiger partial charge in [-0.25, -0.2) is 4.57 Å². The summed E-state index contributed by atoms with van der Waals surface area (Å²) in [6, 6.07) is 20.6. The Morgan fingerprint density at radius 1 is 0.902 bits per heavy atom. The molecule has 41 heavy (non-hydrogen) atoms. The Morgan fingerprint density at radius 3 is 2.17 bits per heavy atom. The van der Waals surface area contributed by atoms with Crippen LogP contribution in [0.3, 0.4) is 0 Å². The van der Waals surface area contributed by atoms with Crippen LogP contribution in [0.5, 0.6) is 5.75 Å². The quantitative estimate of drug-likeness (QED) is 0.0944. The summed E-state index contributed by atoms with van der Waals surface area (Å²) in [4.78, 5) is 13.1. The van der Waals surface area contributed by atoms with Gasteiger partial charge in [-0.2, -0.15) is 0 Å². The van der Waals surface area contributed by atoms with Crippen molar-refractivity contribution in [3.05, 3.63) is 99.7 Å². The highest BCUT2D eigenvalue weighted by atomic mass is 35.5. The van der Waals surface area contributed by atoms with E-state index < -0.39 is 13.8 Å². The van der Waals surface area contributed by atoms with Crippen molar-refractivity contribution in [3.63, 3.8) is 0 Å². The number of hydrogen-bond donors (Lipinski definition) is 1. The molecule has 0 saturated carbocycles. The molecule has 1 aromatic heterocycles. The lowest BCUT2D eigenvalue weighted by Crippen LogP contribution is -2.12. The van der Waals surface area contributed by atoms with Gasteiger partial charge >= 0.3 is 13.8 Å². The molecule has 0 aliphatic rings. The molecule has 0 atom stereocenters. The number of carbonyl (C=O) groups is 1. The van der Waals surface area contributed by atoms with Crippen LogP contribution in [0, 0.1) is 6.92 Å². The van der Waals surface area contributed by atoms with E-state index >= 15 is 0 Å². The lowest BCUT2D eigenvalue weighted by molar-refractivity contribution is -0.133. The number of phosphoric ester groups is 1. The first kappa shape index (κ1) is 31.0. The predicted molar refractivity (Wildman–Crippen MR) is 159 cm³/mol. The lowest BCUT2D eigenvalue weighted by Gasteiger charge is -2.16. The maximum atomic E-state index is 13.1. The first-order valence-corrected chi connectivity index (χ1v) is 15.4. The summed E-state index contributed by atoms with van der Waals surface area (Å²) in [5.74, 6) is 0.0334. The highest BCUT2D eigenvalue weighted by molar-refractivity contribution is 7.48. The minimum absolute atomic E-state index is 0.0740. The van der Waals surface area contributed by atoms with Crippen molar-refractivity contribution < 1.29 is 32.8 Å². The van der Waals surface area contributed by atoms with Gasteiger partial charge in [-0.05, 0) is 85.8 Å². The molecule has 218 valence electrons. The van der Waals surface area contributed by atoms with Crippen molar-refractivity contribution in [1.82, 2.24) is 4.57 Å². The highest BCUT2D eigenvalue weighted by Crippen LogP contribution is 2.49. The zero-order valence-corrected chi connectivity index (χ0v) is 25.1. The van der Waals surface area contributed by atoms with E-state index in [1.807, 2.05) is 61.5 Å². The number of phosphoric acid groups is 1. The van der Waals surface area contributed by atoms with Crippen molar-refractivity contribution in [2.24, 2.45) is 0 Å². The molecule has 0 amide bonds. The monoisotopic (exact) mass is 599 g/mol. The molecule has 4 rings (SSSR count). The van der Waals surface area contributed by atoms with E-state index in [0.29, 0.717) is 23.7 Å². The topological polar surface area (TPSA) is 96.2 Å². The van der Waals surface area contributed by atoms with Gasteiger partial charge in [0.25, 0.3) is 0 Å². The first-order chi connectivity index (χ1) is 19.7. The third-order valence-corrected chi connectivity index (χ3v) is 8.55. The second-order valence-electron chi connectivity index (χ2n) is 9.45. The molecule has 0 saturated heterocycles. The first-order valence-electron chi connectivity index (χ1n) is 13.5. The Balaban J connectivity index is 1.45. The van der Waals surface area contributed by atoms with Gasteiger partial charge in [-0.1, -0.05) is 41.9 Å². The average molecular weight is 600 g/mol. The van der Waals surface area contributed by atoms with Crippen LogP contribution in [0.4, 0.5) is 0 Å². The number of ether oxygens (including phenoxy) is 1. The summed E-state index contributed by atoms with van der Waals surface area (Å²) >= 11 is 6.06. The molecule has 0 aliphatic heterocycles. The van der Waals surface area contributed by atoms with E-state index in [4.69, 9.17) is 29.9 Å². The van der Waals surface area contributed by atoms with Gasteiger partial charge < -0.3 is 14.4 Å². The SMILES string of the molecule is CCOP(=O)(OCC)OCCc1ccc(OC(=O)Cc2c(C)n(Cc3ccc(Cl)cc3)c3ccc(CO)cc23)cc1. The van der Waals surface area contributed by atoms with Crippen LogP contribution in [0.15, 0.2) is 66.7 Å². The number of hydrogen-bond acceptors (Lipinski definition) is 7. The molecular formula is C31H35ClNO7P. The molecule has 8 nitrogen and oxygen atoms in total. The van der Waals surface area contributed by atoms with Gasteiger partial charge in [0.15, 0.2) is 0 Å². The summed E-state index contributed by atoms with van der Waals surface area (Å²) in [6.07, 6.45) is 0.558. The van der Waals surface area contributed by atoms with Gasteiger partial charge in [-0.3, -0.25) is 18.4 Å². The number of esters is 1. The van der Waals surface area contributed by atoms with Crippen LogP contribution in [0.1, 0.15) is 41.8 Å². The predicted octanol–water partition coefficient (Wildman–Crippen LogP) is 7.03. The molecule has 4 aromatic rings. The van der Waals surface area contributed by atoms with E-state index in [1.165, 1.54) is 0 Å². The summed E-state index contributed by atoms with van der Waals surface area (Å²) in [5, 5.41) is 11.3. The number of aliphatic hydroxyl groups excluding tert-OH is 1. The van der Waals surface area contributed by atoms with E-state index in [-0.39, 0.29) is 32.8 Å². The van der Waals surface area contributed by atoms with Gasteiger partial charge in [0.05, 0.1) is 32.8 Å². The molecule has 0 radical (unpaired) electrons. The van der Waals surface area contributed by atoms with Crippen molar-refractivity contribution >= 4 is 36.3 Å². The fourth-order valence-electron chi connectivity index (χ4n) is 4.64. The van der Waals surface area contributed by atoms with Crippen LogP contribution >= 0.6 is 19.4 Å². The normalized spacial score (nSPS) is 11.7. The van der Waals surface area contributed by atoms with Crippen LogP contribution in [-0.2, 0) is 48.9 Å². The standard InChI is InChI=1S/C31H35ClNO7P/c1-4-37-41(36,38-5-2)39-17-16-23-8-13-27(14-9-23)40-31(35)19-28-22(3)33(20-24-6-11-26(32)12-7-24)30-15-10-25(21-34)18-29(28)30/h6-15,18,34H,4-5,16-17,19-21H2,1-3H3. The zero-order chi connectivity index (χ0) is 29.4. The van der Waals surface area contributed by atoms with E-state index in [9.17, 15) is 14.5 Å². The van der Waals surface area contributed by atoms with Crippen molar-refractivity contribution in [1.29, 1.82) is 0 Å². The minimum atomic E-state index is -3.56. The molecule has 1 N–H and O–H groups in total. The maximum Gasteiger partial charge on any atom is 0.474 e. The summed E-state index contributed by atoms with van der Waals surface area (Å²) in [7, 11) is -3.56. The molecular weight excluding hydrogens is 565 g/mol. The third-order valence-electron chi connectivity index (χ3n) is 6.65. The summed E-state index contributed by atoms with van der Waals surface area (Å²) < 4.78 is 35.9. The third kappa shape index (κ3) is 8.07. The lowest BCUT2D eigenvalue weighted by atomic mass is 10.1.